The summed E-state index contributed by atoms with van der Waals surface area (Å²) in [6.07, 6.45) is 7.11. The first-order chi connectivity index (χ1) is 6.26. The van der Waals surface area contributed by atoms with E-state index in [1.807, 2.05) is 0 Å². The summed E-state index contributed by atoms with van der Waals surface area (Å²) in [5.41, 5.74) is 0. The molecule has 1 heteroatoms. The highest BCUT2D eigenvalue weighted by molar-refractivity contribution is 4.80. The quantitative estimate of drug-likeness (QED) is 0.639. The highest BCUT2D eigenvalue weighted by atomic mass is 14.9. The van der Waals surface area contributed by atoms with Crippen molar-refractivity contribution in [2.24, 2.45) is 11.8 Å². The van der Waals surface area contributed by atoms with E-state index in [4.69, 9.17) is 0 Å². The summed E-state index contributed by atoms with van der Waals surface area (Å²) in [5.74, 6) is 1.95. The van der Waals surface area contributed by atoms with Crippen LogP contribution in [0.1, 0.15) is 52.9 Å². The van der Waals surface area contributed by atoms with Crippen LogP contribution in [0.2, 0.25) is 0 Å². The van der Waals surface area contributed by atoms with Crippen LogP contribution in [0.25, 0.3) is 0 Å². The Kier molecular flexibility index (Phi) is 4.79. The molecule has 1 rings (SSSR count). The molecule has 1 saturated carbocycles. The molecule has 0 aliphatic heterocycles. The third-order valence-electron chi connectivity index (χ3n) is 3.19. The highest BCUT2D eigenvalue weighted by Crippen LogP contribution is 2.34. The maximum atomic E-state index is 3.62. The second-order valence-electron chi connectivity index (χ2n) is 4.68. The first-order valence-electron chi connectivity index (χ1n) is 5.99. The molecule has 0 aromatic rings. The van der Waals surface area contributed by atoms with Crippen LogP contribution in [0, 0.1) is 11.8 Å². The van der Waals surface area contributed by atoms with E-state index in [0.29, 0.717) is 0 Å². The summed E-state index contributed by atoms with van der Waals surface area (Å²) >= 11 is 0. The maximum absolute atomic E-state index is 3.62. The third-order valence-corrected chi connectivity index (χ3v) is 3.19. The zero-order valence-corrected chi connectivity index (χ0v) is 9.47. The Hall–Kier alpha value is -0.0400. The smallest absolute Gasteiger partial charge is 0.00721 e. The molecule has 0 spiro atoms. The van der Waals surface area contributed by atoms with E-state index < -0.39 is 0 Å². The third kappa shape index (κ3) is 4.66. The molecule has 2 atom stereocenters. The van der Waals surface area contributed by atoms with E-state index in [9.17, 15) is 0 Å². The minimum Gasteiger partial charge on any atom is -0.314 e. The molecule has 1 fully saturated rings. The first kappa shape index (κ1) is 11.0. The van der Waals surface area contributed by atoms with Crippen LogP contribution in [0.4, 0.5) is 0 Å². The normalized spacial score (nSPS) is 21.5. The van der Waals surface area contributed by atoms with Gasteiger partial charge in [0.25, 0.3) is 0 Å². The summed E-state index contributed by atoms with van der Waals surface area (Å²) in [7, 11) is 0. The van der Waals surface area contributed by atoms with Crippen molar-refractivity contribution in [2.45, 2.75) is 58.9 Å². The van der Waals surface area contributed by atoms with Gasteiger partial charge in [-0.25, -0.2) is 0 Å². The van der Waals surface area contributed by atoms with Crippen LogP contribution in [0.5, 0.6) is 0 Å². The molecule has 2 unspecified atom stereocenters. The van der Waals surface area contributed by atoms with Crippen molar-refractivity contribution in [1.82, 2.24) is 5.32 Å². The summed E-state index contributed by atoms with van der Waals surface area (Å²) < 4.78 is 0. The summed E-state index contributed by atoms with van der Waals surface area (Å²) in [4.78, 5) is 0. The van der Waals surface area contributed by atoms with E-state index in [2.05, 4.69) is 26.1 Å². The van der Waals surface area contributed by atoms with Crippen molar-refractivity contribution in [3.8, 4) is 0 Å². The van der Waals surface area contributed by atoms with Gasteiger partial charge in [0.1, 0.15) is 0 Å². The van der Waals surface area contributed by atoms with Gasteiger partial charge in [-0.2, -0.15) is 0 Å². The van der Waals surface area contributed by atoms with Gasteiger partial charge in [0.15, 0.2) is 0 Å². The van der Waals surface area contributed by atoms with Gasteiger partial charge in [0.05, 0.1) is 0 Å². The number of nitrogens with one attached hydrogen (secondary N) is 1. The number of hydrogen-bond donors (Lipinski definition) is 1. The lowest BCUT2D eigenvalue weighted by atomic mass is 9.96. The van der Waals surface area contributed by atoms with E-state index >= 15 is 0 Å². The largest absolute Gasteiger partial charge is 0.314 e. The average molecular weight is 183 g/mol. The minimum absolute atomic E-state index is 0.799. The van der Waals surface area contributed by atoms with Crippen LogP contribution in [0.15, 0.2) is 0 Å². The Morgan fingerprint density at radius 1 is 1.31 bits per heavy atom. The lowest BCUT2D eigenvalue weighted by Gasteiger charge is -2.20. The van der Waals surface area contributed by atoms with Crippen molar-refractivity contribution in [3.05, 3.63) is 0 Å². The summed E-state index contributed by atoms with van der Waals surface area (Å²) in [5, 5.41) is 3.62. The zero-order valence-electron chi connectivity index (χ0n) is 9.47. The molecular weight excluding hydrogens is 158 g/mol. The summed E-state index contributed by atoms with van der Waals surface area (Å²) in [6.45, 7) is 8.02. The molecule has 0 radical (unpaired) electrons. The molecular formula is C12H25N. The van der Waals surface area contributed by atoms with Gasteiger partial charge >= 0.3 is 0 Å². The van der Waals surface area contributed by atoms with Gasteiger partial charge in [-0.3, -0.25) is 0 Å². The maximum Gasteiger partial charge on any atom is 0.00721 e. The van der Waals surface area contributed by atoms with E-state index in [1.165, 1.54) is 32.1 Å². The van der Waals surface area contributed by atoms with E-state index in [-0.39, 0.29) is 0 Å². The van der Waals surface area contributed by atoms with Crippen LogP contribution in [-0.4, -0.2) is 12.6 Å². The van der Waals surface area contributed by atoms with Crippen LogP contribution < -0.4 is 5.32 Å². The Balaban J connectivity index is 2.18. The molecule has 1 aliphatic carbocycles. The van der Waals surface area contributed by atoms with Gasteiger partial charge in [-0.05, 0) is 31.2 Å². The van der Waals surface area contributed by atoms with Gasteiger partial charge in [-0.15, -0.1) is 0 Å². The van der Waals surface area contributed by atoms with Crippen molar-refractivity contribution in [3.63, 3.8) is 0 Å². The summed E-state index contributed by atoms with van der Waals surface area (Å²) in [6, 6.07) is 0.799. The molecule has 0 aromatic heterocycles. The highest BCUT2D eigenvalue weighted by Gasteiger charge is 2.25. The van der Waals surface area contributed by atoms with Crippen molar-refractivity contribution < 1.29 is 0 Å². The van der Waals surface area contributed by atoms with Gasteiger partial charge in [-0.1, -0.05) is 40.0 Å². The lowest BCUT2D eigenvalue weighted by molar-refractivity contribution is 0.370. The van der Waals surface area contributed by atoms with E-state index in [0.717, 1.165) is 24.4 Å². The van der Waals surface area contributed by atoms with Crippen molar-refractivity contribution in [2.75, 3.05) is 6.54 Å². The molecule has 1 N–H and O–H groups in total. The van der Waals surface area contributed by atoms with Gasteiger partial charge < -0.3 is 5.32 Å². The topological polar surface area (TPSA) is 12.0 Å². The molecule has 0 amide bonds. The van der Waals surface area contributed by atoms with Gasteiger partial charge in [0, 0.05) is 6.04 Å². The van der Waals surface area contributed by atoms with Crippen LogP contribution in [-0.2, 0) is 0 Å². The SMILES string of the molecule is CCNC(CC(C)CC)CC1CC1. The molecule has 78 valence electrons. The second kappa shape index (κ2) is 5.64. The van der Waals surface area contributed by atoms with E-state index in [1.54, 1.807) is 0 Å². The van der Waals surface area contributed by atoms with Crippen molar-refractivity contribution >= 4 is 0 Å². The zero-order chi connectivity index (χ0) is 9.68. The average Bonchev–Trinajstić information content (AvgIpc) is 2.88. The molecule has 1 nitrogen and oxygen atoms in total. The Bertz CT molecular complexity index is 129. The first-order valence-corrected chi connectivity index (χ1v) is 5.99. The fraction of sp³-hybridized carbons (Fsp3) is 1.00. The Labute approximate surface area is 83.3 Å². The predicted molar refractivity (Wildman–Crippen MR) is 58.9 cm³/mol. The van der Waals surface area contributed by atoms with Crippen LogP contribution >= 0.6 is 0 Å². The minimum atomic E-state index is 0.799. The molecule has 0 bridgehead atoms. The Morgan fingerprint density at radius 3 is 2.46 bits per heavy atom. The molecule has 0 saturated heterocycles. The molecule has 1 aliphatic rings. The molecule has 13 heavy (non-hydrogen) atoms. The monoisotopic (exact) mass is 183 g/mol. The fourth-order valence-corrected chi connectivity index (χ4v) is 1.96. The van der Waals surface area contributed by atoms with Gasteiger partial charge in [0.2, 0.25) is 0 Å². The molecule has 0 aromatic carbocycles. The van der Waals surface area contributed by atoms with Crippen molar-refractivity contribution in [1.29, 1.82) is 0 Å². The Morgan fingerprint density at radius 2 is 2.00 bits per heavy atom. The van der Waals surface area contributed by atoms with Crippen LogP contribution in [0.3, 0.4) is 0 Å². The molecule has 0 heterocycles. The number of hydrogen-bond acceptors (Lipinski definition) is 1. The standard InChI is InChI=1S/C12H25N/c1-4-10(3)8-12(13-5-2)9-11-6-7-11/h10-13H,4-9H2,1-3H3. The predicted octanol–water partition coefficient (Wildman–Crippen LogP) is 3.20. The lowest BCUT2D eigenvalue weighted by Crippen LogP contribution is -2.31. The number of rotatable bonds is 7. The fourth-order valence-electron chi connectivity index (χ4n) is 1.96. The second-order valence-corrected chi connectivity index (χ2v) is 4.68.